The Morgan fingerprint density at radius 2 is 1.66 bits per heavy atom. The molecule has 0 spiro atoms. The molecule has 38 heavy (non-hydrogen) atoms. The van der Waals surface area contributed by atoms with Gasteiger partial charge in [-0.05, 0) is 48.9 Å². The average Bonchev–Trinajstić information content (AvgIpc) is 3.20. The van der Waals surface area contributed by atoms with E-state index in [2.05, 4.69) is 25.9 Å². The van der Waals surface area contributed by atoms with Crippen molar-refractivity contribution in [1.29, 1.82) is 0 Å². The normalized spacial score (nSPS) is 13.4. The number of guanidine groups is 1. The Morgan fingerprint density at radius 3 is 2.26 bits per heavy atom. The van der Waals surface area contributed by atoms with E-state index < -0.39 is 47.6 Å². The summed E-state index contributed by atoms with van der Waals surface area (Å²) < 4.78 is 13.6. The van der Waals surface area contributed by atoms with Crippen LogP contribution in [-0.4, -0.2) is 59.2 Å². The number of halogens is 1. The molecule has 0 fully saturated rings. The number of nitrogens with zero attached hydrogens (tertiary/aromatic N) is 1. The second-order valence-corrected chi connectivity index (χ2v) is 9.56. The van der Waals surface area contributed by atoms with Gasteiger partial charge in [0.1, 0.15) is 23.9 Å². The summed E-state index contributed by atoms with van der Waals surface area (Å²) in [6, 6.07) is 1.20. The molecule has 0 aliphatic heterocycles. The van der Waals surface area contributed by atoms with Crippen LogP contribution in [-0.2, 0) is 25.6 Å². The third kappa shape index (κ3) is 9.37. The summed E-state index contributed by atoms with van der Waals surface area (Å²) in [5.41, 5.74) is 17.4. The maximum atomic E-state index is 13.6. The van der Waals surface area contributed by atoms with Crippen LogP contribution in [0, 0.1) is 11.7 Å². The molecule has 0 aliphatic carbocycles. The number of fused-ring (bicyclic) bond motifs is 1. The van der Waals surface area contributed by atoms with Gasteiger partial charge in [0, 0.05) is 37.0 Å². The van der Waals surface area contributed by atoms with Crippen molar-refractivity contribution in [2.45, 2.75) is 64.6 Å². The van der Waals surface area contributed by atoms with Crippen molar-refractivity contribution in [1.82, 2.24) is 20.9 Å². The molecule has 0 bridgehead atoms. The van der Waals surface area contributed by atoms with Crippen LogP contribution in [0.2, 0.25) is 0 Å². The lowest BCUT2D eigenvalue weighted by atomic mass is 10.0. The number of carbonyl (C=O) groups is 4. The van der Waals surface area contributed by atoms with E-state index in [-0.39, 0.29) is 31.3 Å². The largest absolute Gasteiger partial charge is 0.370 e. The number of aromatic amines is 1. The predicted octanol–water partition coefficient (Wildman–Crippen LogP) is -0.0912. The zero-order valence-electron chi connectivity index (χ0n) is 21.8. The molecule has 0 radical (unpaired) electrons. The van der Waals surface area contributed by atoms with Gasteiger partial charge < -0.3 is 38.1 Å². The Bertz CT molecular complexity index is 1180. The third-order valence-corrected chi connectivity index (χ3v) is 5.79. The summed E-state index contributed by atoms with van der Waals surface area (Å²) in [7, 11) is 0. The summed E-state index contributed by atoms with van der Waals surface area (Å²) in [6.07, 6.45) is 2.54. The number of nitrogens with one attached hydrogen (secondary N) is 4. The van der Waals surface area contributed by atoms with Crippen LogP contribution in [0.3, 0.4) is 0 Å². The van der Waals surface area contributed by atoms with E-state index in [1.165, 1.54) is 19.1 Å². The van der Waals surface area contributed by atoms with Crippen LogP contribution < -0.4 is 33.2 Å². The fourth-order valence-electron chi connectivity index (χ4n) is 4.04. The number of carbonyl (C=O) groups excluding carboxylic acids is 4. The first-order chi connectivity index (χ1) is 17.9. The molecule has 0 unspecified atom stereocenters. The zero-order valence-corrected chi connectivity index (χ0v) is 21.8. The van der Waals surface area contributed by atoms with Gasteiger partial charge in [-0.2, -0.15) is 0 Å². The van der Waals surface area contributed by atoms with Crippen LogP contribution in [0.1, 0.15) is 45.6 Å². The Morgan fingerprint density at radius 1 is 1.00 bits per heavy atom. The van der Waals surface area contributed by atoms with Gasteiger partial charge in [-0.1, -0.05) is 13.8 Å². The first-order valence-corrected chi connectivity index (χ1v) is 12.4. The van der Waals surface area contributed by atoms with Crippen molar-refractivity contribution in [3.63, 3.8) is 0 Å². The molecular formula is C25H37FN8O4. The van der Waals surface area contributed by atoms with Gasteiger partial charge in [-0.25, -0.2) is 4.39 Å². The second kappa shape index (κ2) is 14.0. The quantitative estimate of drug-likeness (QED) is 0.100. The Hall–Kier alpha value is -4.16. The van der Waals surface area contributed by atoms with E-state index in [4.69, 9.17) is 17.2 Å². The lowest BCUT2D eigenvalue weighted by molar-refractivity contribution is -0.133. The molecule has 0 saturated carbocycles. The Labute approximate surface area is 220 Å². The summed E-state index contributed by atoms with van der Waals surface area (Å²) in [5.74, 6) is -2.79. The second-order valence-electron chi connectivity index (χ2n) is 9.56. The van der Waals surface area contributed by atoms with Crippen LogP contribution in [0.4, 0.5) is 4.39 Å². The number of H-pyrrole nitrogens is 1. The van der Waals surface area contributed by atoms with Gasteiger partial charge >= 0.3 is 0 Å². The number of amides is 4. The molecule has 1 aromatic carbocycles. The minimum atomic E-state index is -1.06. The highest BCUT2D eigenvalue weighted by molar-refractivity contribution is 5.94. The molecule has 1 heterocycles. The minimum Gasteiger partial charge on any atom is -0.370 e. The molecule has 10 N–H and O–H groups in total. The van der Waals surface area contributed by atoms with E-state index in [0.29, 0.717) is 29.3 Å². The summed E-state index contributed by atoms with van der Waals surface area (Å²) in [6.45, 7) is 5.25. The van der Waals surface area contributed by atoms with Gasteiger partial charge in [0.05, 0.1) is 0 Å². The highest BCUT2D eigenvalue weighted by Gasteiger charge is 2.29. The van der Waals surface area contributed by atoms with E-state index in [9.17, 15) is 23.6 Å². The number of benzene rings is 1. The van der Waals surface area contributed by atoms with Crippen molar-refractivity contribution in [3.8, 4) is 0 Å². The number of primary amides is 1. The van der Waals surface area contributed by atoms with Crippen molar-refractivity contribution in [2.75, 3.05) is 6.54 Å². The molecule has 12 nitrogen and oxygen atoms in total. The Kier molecular flexibility index (Phi) is 11.0. The molecule has 3 atom stereocenters. The number of hydrogen-bond donors (Lipinski definition) is 7. The molecule has 0 saturated heterocycles. The van der Waals surface area contributed by atoms with Crippen molar-refractivity contribution in [2.24, 2.45) is 28.1 Å². The van der Waals surface area contributed by atoms with Gasteiger partial charge in [-0.3, -0.25) is 24.2 Å². The van der Waals surface area contributed by atoms with Crippen LogP contribution >= 0.6 is 0 Å². The minimum absolute atomic E-state index is 0.0800. The topological polar surface area (TPSA) is 211 Å². The van der Waals surface area contributed by atoms with Gasteiger partial charge in [0.15, 0.2) is 5.96 Å². The molecule has 4 amide bonds. The van der Waals surface area contributed by atoms with E-state index >= 15 is 0 Å². The Balaban J connectivity index is 2.24. The SMILES string of the molecule is CC(=O)N[C@H](Cc1c[nH]c2cc(F)ccc12)C(=O)N[C@@H](CCCN=C(N)N)C(=O)N[C@@H](CC(C)C)C(N)=O. The van der Waals surface area contributed by atoms with Gasteiger partial charge in [0.2, 0.25) is 23.6 Å². The molecule has 1 aromatic heterocycles. The standard InChI is InChI=1S/C25H37FN8O4/c1-13(2)9-20(22(27)36)34-23(37)18(5-4-8-30-25(28)29)33-24(38)21(32-14(3)35)10-15-12-31-19-11-16(26)6-7-17(15)19/h6-7,11-13,18,20-21,31H,4-5,8-10H2,1-3H3,(H2,27,36)(H,32,35)(H,33,38)(H,34,37)(H4,28,29,30)/t18-,20-,21+/m0/s1. The zero-order chi connectivity index (χ0) is 28.4. The number of nitrogens with two attached hydrogens (primary N) is 3. The monoisotopic (exact) mass is 532 g/mol. The number of rotatable bonds is 14. The van der Waals surface area contributed by atoms with Gasteiger partial charge in [0.25, 0.3) is 0 Å². The van der Waals surface area contributed by atoms with Crippen molar-refractivity contribution < 1.29 is 23.6 Å². The first kappa shape index (κ1) is 30.1. The number of hydrogen-bond acceptors (Lipinski definition) is 5. The molecule has 13 heteroatoms. The van der Waals surface area contributed by atoms with Crippen molar-refractivity contribution in [3.05, 3.63) is 35.8 Å². The summed E-state index contributed by atoms with van der Waals surface area (Å²) >= 11 is 0. The lowest BCUT2D eigenvalue weighted by Crippen LogP contribution is -2.56. The van der Waals surface area contributed by atoms with Crippen LogP contribution in [0.15, 0.2) is 29.4 Å². The van der Waals surface area contributed by atoms with E-state index in [0.717, 1.165) is 0 Å². The molecule has 2 rings (SSSR count). The maximum Gasteiger partial charge on any atom is 0.243 e. The van der Waals surface area contributed by atoms with Crippen molar-refractivity contribution >= 4 is 40.5 Å². The fourth-order valence-corrected chi connectivity index (χ4v) is 4.04. The first-order valence-electron chi connectivity index (χ1n) is 12.4. The average molecular weight is 533 g/mol. The fraction of sp³-hybridized carbons (Fsp3) is 0.480. The van der Waals surface area contributed by atoms with E-state index in [1.807, 2.05) is 13.8 Å². The highest BCUT2D eigenvalue weighted by Crippen LogP contribution is 2.21. The smallest absolute Gasteiger partial charge is 0.243 e. The predicted molar refractivity (Wildman–Crippen MR) is 142 cm³/mol. The third-order valence-electron chi connectivity index (χ3n) is 5.79. The molecule has 2 aromatic rings. The lowest BCUT2D eigenvalue weighted by Gasteiger charge is -2.25. The maximum absolute atomic E-state index is 13.6. The molecule has 0 aliphatic rings. The van der Waals surface area contributed by atoms with Crippen LogP contribution in [0.5, 0.6) is 0 Å². The molecule has 208 valence electrons. The van der Waals surface area contributed by atoms with Gasteiger partial charge in [-0.15, -0.1) is 0 Å². The number of aliphatic imine (C=N–C) groups is 1. The van der Waals surface area contributed by atoms with Crippen LogP contribution in [0.25, 0.3) is 10.9 Å². The molecular weight excluding hydrogens is 495 g/mol. The number of aromatic nitrogens is 1. The summed E-state index contributed by atoms with van der Waals surface area (Å²) in [5, 5.41) is 8.59. The highest BCUT2D eigenvalue weighted by atomic mass is 19.1. The summed E-state index contributed by atoms with van der Waals surface area (Å²) in [4.78, 5) is 57.1. The van der Waals surface area contributed by atoms with E-state index in [1.54, 1.807) is 12.3 Å².